The lowest BCUT2D eigenvalue weighted by molar-refractivity contribution is -0.184. The molecule has 5 rings (SSSR count). The van der Waals surface area contributed by atoms with Crippen LogP contribution in [0.1, 0.15) is 123 Å². The maximum Gasteiger partial charge on any atom is 0.312 e. The summed E-state index contributed by atoms with van der Waals surface area (Å²) in [5.74, 6) is 1.98. The Kier molecular flexibility index (Phi) is 9.17. The number of amidine groups is 1. The van der Waals surface area contributed by atoms with Crippen molar-refractivity contribution in [2.75, 3.05) is 13.2 Å². The van der Waals surface area contributed by atoms with Crippen LogP contribution >= 0.6 is 0 Å². The second-order valence-corrected chi connectivity index (χ2v) is 15.1. The summed E-state index contributed by atoms with van der Waals surface area (Å²) in [6, 6.07) is 7.35. The molecular formula is C37H54N2O4. The van der Waals surface area contributed by atoms with Gasteiger partial charge in [-0.3, -0.25) is 15.0 Å². The van der Waals surface area contributed by atoms with Crippen molar-refractivity contribution in [2.24, 2.45) is 39.2 Å². The molecule has 6 nitrogen and oxygen atoms in total. The summed E-state index contributed by atoms with van der Waals surface area (Å²) in [6.07, 6.45) is 15.8. The highest BCUT2D eigenvalue weighted by atomic mass is 16.5. The van der Waals surface area contributed by atoms with Gasteiger partial charge in [-0.15, -0.1) is 0 Å². The van der Waals surface area contributed by atoms with Gasteiger partial charge in [-0.1, -0.05) is 59.0 Å². The van der Waals surface area contributed by atoms with Crippen LogP contribution < -0.4 is 10.5 Å². The SMILES string of the molecule is C=C1C(=O)[C@@]2(C)CC[C@@H]3[C@@]1(CC[C@H]1[C@@]3(C)CCC[C@@]1(C)C(=O)OCCCCCCCCCOc1ccc(C(=N)N)cc1)C2. The Morgan fingerprint density at radius 2 is 1.53 bits per heavy atom. The van der Waals surface area contributed by atoms with Gasteiger partial charge in [0.15, 0.2) is 5.78 Å². The van der Waals surface area contributed by atoms with Crippen LogP contribution in [-0.2, 0) is 14.3 Å². The highest BCUT2D eigenvalue weighted by Crippen LogP contribution is 2.74. The molecule has 236 valence electrons. The lowest BCUT2D eigenvalue weighted by Crippen LogP contribution is -2.59. The summed E-state index contributed by atoms with van der Waals surface area (Å²) in [5.41, 5.74) is 6.47. The highest BCUT2D eigenvalue weighted by Gasteiger charge is 2.69. The summed E-state index contributed by atoms with van der Waals surface area (Å²) in [7, 11) is 0. The number of ether oxygens (including phenoxy) is 2. The fraction of sp³-hybridized carbons (Fsp3) is 0.703. The van der Waals surface area contributed by atoms with E-state index < -0.39 is 5.41 Å². The van der Waals surface area contributed by atoms with Crippen LogP contribution in [0.2, 0.25) is 0 Å². The Morgan fingerprint density at radius 1 is 0.907 bits per heavy atom. The van der Waals surface area contributed by atoms with Crippen molar-refractivity contribution in [1.82, 2.24) is 0 Å². The monoisotopic (exact) mass is 590 g/mol. The van der Waals surface area contributed by atoms with Gasteiger partial charge in [0.2, 0.25) is 0 Å². The molecule has 4 aliphatic rings. The van der Waals surface area contributed by atoms with Gasteiger partial charge in [0.1, 0.15) is 11.6 Å². The van der Waals surface area contributed by atoms with Crippen LogP contribution in [0, 0.1) is 38.9 Å². The summed E-state index contributed by atoms with van der Waals surface area (Å²) in [4.78, 5) is 26.9. The molecule has 1 aromatic carbocycles. The van der Waals surface area contributed by atoms with Crippen LogP contribution in [0.4, 0.5) is 0 Å². The zero-order valence-electron chi connectivity index (χ0n) is 26.9. The standard InChI is InChI=1S/C37H54N2O4/c1-26-31(40)34(2)21-17-30-35(3)19-12-20-36(4,29(35)18-22-37(26,30)25-34)33(41)43-24-11-9-7-5-6-8-10-23-42-28-15-13-27(14-16-28)32(38)39/h13-16,29-30H,1,5-12,17-25H2,2-4H3,(H3,38,39)/t29-,30-,34-,35+,36+,37-/m0/s1. The number of esters is 1. The lowest BCUT2D eigenvalue weighted by atomic mass is 9.40. The molecule has 6 heteroatoms. The summed E-state index contributed by atoms with van der Waals surface area (Å²) >= 11 is 0. The molecule has 2 bridgehead atoms. The summed E-state index contributed by atoms with van der Waals surface area (Å²) < 4.78 is 11.8. The van der Waals surface area contributed by atoms with Crippen molar-refractivity contribution >= 4 is 17.6 Å². The third kappa shape index (κ3) is 5.80. The van der Waals surface area contributed by atoms with Crippen molar-refractivity contribution < 1.29 is 19.1 Å². The van der Waals surface area contributed by atoms with Crippen molar-refractivity contribution in [3.63, 3.8) is 0 Å². The number of nitrogen functional groups attached to an aromatic ring is 1. The molecule has 4 saturated carbocycles. The van der Waals surface area contributed by atoms with E-state index in [9.17, 15) is 9.59 Å². The maximum absolute atomic E-state index is 13.7. The molecule has 0 unspecified atom stereocenters. The van der Waals surface area contributed by atoms with Crippen LogP contribution in [0.3, 0.4) is 0 Å². The van der Waals surface area contributed by atoms with Crippen LogP contribution in [-0.4, -0.2) is 30.8 Å². The molecule has 0 aliphatic heterocycles. The van der Waals surface area contributed by atoms with E-state index in [4.69, 9.17) is 20.6 Å². The Bertz CT molecular complexity index is 1230. The third-order valence-corrected chi connectivity index (χ3v) is 12.4. The number of benzene rings is 1. The highest BCUT2D eigenvalue weighted by molar-refractivity contribution is 6.03. The Hall–Kier alpha value is -2.63. The first-order chi connectivity index (χ1) is 20.5. The quantitative estimate of drug-likeness (QED) is 0.0793. The number of carbonyl (C=O) groups is 2. The number of carbonyl (C=O) groups excluding carboxylic acids is 2. The first-order valence-corrected chi connectivity index (χ1v) is 16.9. The number of nitrogens with two attached hydrogens (primary N) is 1. The third-order valence-electron chi connectivity index (χ3n) is 12.4. The first-order valence-electron chi connectivity index (χ1n) is 16.9. The number of hydrogen-bond acceptors (Lipinski definition) is 5. The van der Waals surface area contributed by atoms with E-state index in [1.54, 1.807) is 0 Å². The van der Waals surface area contributed by atoms with Crippen molar-refractivity contribution in [1.29, 1.82) is 5.41 Å². The average molecular weight is 591 g/mol. The Labute approximate surface area is 259 Å². The number of allylic oxidation sites excluding steroid dienone is 1. The summed E-state index contributed by atoms with van der Waals surface area (Å²) in [5, 5.41) is 7.45. The van der Waals surface area contributed by atoms with Gasteiger partial charge >= 0.3 is 5.97 Å². The van der Waals surface area contributed by atoms with E-state index in [1.165, 1.54) is 12.8 Å². The van der Waals surface area contributed by atoms with Gasteiger partial charge in [0, 0.05) is 16.4 Å². The van der Waals surface area contributed by atoms with Gasteiger partial charge in [-0.2, -0.15) is 0 Å². The van der Waals surface area contributed by atoms with E-state index >= 15 is 0 Å². The smallest absolute Gasteiger partial charge is 0.312 e. The van der Waals surface area contributed by atoms with Crippen LogP contribution in [0.25, 0.3) is 0 Å². The summed E-state index contributed by atoms with van der Waals surface area (Å²) in [6.45, 7) is 12.4. The Balaban J connectivity index is 1.01. The molecule has 43 heavy (non-hydrogen) atoms. The molecule has 3 N–H and O–H groups in total. The molecule has 6 atom stereocenters. The van der Waals surface area contributed by atoms with E-state index in [2.05, 4.69) is 27.4 Å². The number of Topliss-reactive ketones (excluding diaryl/α,β-unsaturated/α-hetero) is 1. The second kappa shape index (κ2) is 12.4. The molecule has 0 aromatic heterocycles. The predicted octanol–water partition coefficient (Wildman–Crippen LogP) is 8.16. The average Bonchev–Trinajstić information content (AvgIpc) is 3.11. The minimum atomic E-state index is -0.434. The minimum Gasteiger partial charge on any atom is -0.494 e. The molecule has 4 fully saturated rings. The van der Waals surface area contributed by atoms with Crippen LogP contribution in [0.15, 0.2) is 36.4 Å². The van der Waals surface area contributed by atoms with E-state index in [0.717, 1.165) is 94.8 Å². The number of unbranched alkanes of at least 4 members (excludes halogenated alkanes) is 6. The number of ketones is 1. The first kappa shape index (κ1) is 31.8. The zero-order valence-corrected chi connectivity index (χ0v) is 26.9. The maximum atomic E-state index is 13.7. The molecule has 4 aliphatic carbocycles. The van der Waals surface area contributed by atoms with Gasteiger partial charge in [-0.05, 0) is 112 Å². The molecule has 0 radical (unpaired) electrons. The van der Waals surface area contributed by atoms with Gasteiger partial charge < -0.3 is 15.2 Å². The fourth-order valence-electron chi connectivity index (χ4n) is 10.1. The molecule has 0 heterocycles. The number of nitrogens with one attached hydrogen (secondary N) is 1. The normalized spacial score (nSPS) is 34.8. The van der Waals surface area contributed by atoms with Gasteiger partial charge in [0.05, 0.1) is 18.6 Å². The predicted molar refractivity (Wildman–Crippen MR) is 171 cm³/mol. The zero-order chi connectivity index (χ0) is 30.9. The number of hydrogen-bond donors (Lipinski definition) is 2. The largest absolute Gasteiger partial charge is 0.494 e. The van der Waals surface area contributed by atoms with E-state index in [0.29, 0.717) is 36.4 Å². The number of fused-ring (bicyclic) bond motifs is 3. The molecular weight excluding hydrogens is 536 g/mol. The molecule has 0 saturated heterocycles. The topological polar surface area (TPSA) is 102 Å². The van der Waals surface area contributed by atoms with Crippen molar-refractivity contribution in [3.8, 4) is 5.75 Å². The van der Waals surface area contributed by atoms with Crippen molar-refractivity contribution in [2.45, 2.75) is 117 Å². The minimum absolute atomic E-state index is 0.0114. The molecule has 0 amide bonds. The van der Waals surface area contributed by atoms with E-state index in [1.807, 2.05) is 24.3 Å². The molecule has 1 aromatic rings. The number of rotatable bonds is 13. The van der Waals surface area contributed by atoms with Crippen LogP contribution in [0.5, 0.6) is 5.75 Å². The lowest BCUT2D eigenvalue weighted by Gasteiger charge is -2.63. The van der Waals surface area contributed by atoms with Crippen molar-refractivity contribution in [3.05, 3.63) is 42.0 Å². The van der Waals surface area contributed by atoms with Gasteiger partial charge in [0.25, 0.3) is 0 Å². The Morgan fingerprint density at radius 3 is 2.21 bits per heavy atom. The second-order valence-electron chi connectivity index (χ2n) is 15.1. The van der Waals surface area contributed by atoms with E-state index in [-0.39, 0.29) is 28.0 Å². The fourth-order valence-corrected chi connectivity index (χ4v) is 10.1. The van der Waals surface area contributed by atoms with Gasteiger partial charge in [-0.25, -0.2) is 0 Å². The molecule has 1 spiro atoms.